The van der Waals surface area contributed by atoms with Crippen LogP contribution in [-0.2, 0) is 16.0 Å². The number of hydrogen-bond acceptors (Lipinski definition) is 6. The van der Waals surface area contributed by atoms with E-state index in [1.807, 2.05) is 6.92 Å². The summed E-state index contributed by atoms with van der Waals surface area (Å²) in [4.78, 5) is 16.0. The summed E-state index contributed by atoms with van der Waals surface area (Å²) >= 11 is 1.28. The summed E-state index contributed by atoms with van der Waals surface area (Å²) in [6.07, 6.45) is -0.644. The molecule has 1 atom stereocenters. The first-order chi connectivity index (χ1) is 7.10. The highest BCUT2D eigenvalue weighted by Gasteiger charge is 2.24. The third kappa shape index (κ3) is 2.66. The third-order valence-corrected chi connectivity index (χ3v) is 2.88. The van der Waals surface area contributed by atoms with Crippen LogP contribution in [0.2, 0.25) is 0 Å². The van der Waals surface area contributed by atoms with Gasteiger partial charge in [-0.15, -0.1) is 11.3 Å². The van der Waals surface area contributed by atoms with Gasteiger partial charge in [0.15, 0.2) is 11.2 Å². The Hall–Kier alpha value is -1.14. The molecule has 0 saturated heterocycles. The molecule has 1 aromatic rings. The van der Waals surface area contributed by atoms with Crippen LogP contribution in [0.1, 0.15) is 30.5 Å². The Labute approximate surface area is 91.9 Å². The lowest BCUT2D eigenvalue weighted by Crippen LogP contribution is -2.16. The van der Waals surface area contributed by atoms with Gasteiger partial charge in [0.2, 0.25) is 0 Å². The lowest BCUT2D eigenvalue weighted by atomic mass is 10.2. The van der Waals surface area contributed by atoms with Crippen molar-refractivity contribution in [1.29, 1.82) is 0 Å². The van der Waals surface area contributed by atoms with E-state index in [0.29, 0.717) is 17.2 Å². The number of carbonyl (C=O) groups is 1. The minimum absolute atomic E-state index is 0.233. The highest BCUT2D eigenvalue weighted by atomic mass is 32.1. The molecule has 0 bridgehead atoms. The fourth-order valence-electron chi connectivity index (χ4n) is 1.18. The lowest BCUT2D eigenvalue weighted by Gasteiger charge is -2.08. The number of aliphatic hydroxyl groups excluding tert-OH is 1. The molecule has 15 heavy (non-hydrogen) atoms. The molecular weight excluding hydrogens is 216 g/mol. The van der Waals surface area contributed by atoms with Gasteiger partial charge in [-0.25, -0.2) is 9.78 Å². The van der Waals surface area contributed by atoms with Crippen LogP contribution < -0.4 is 5.73 Å². The summed E-state index contributed by atoms with van der Waals surface area (Å²) in [5.41, 5.74) is 5.83. The van der Waals surface area contributed by atoms with Crippen molar-refractivity contribution in [2.75, 3.05) is 12.3 Å². The van der Waals surface area contributed by atoms with Crippen LogP contribution in [0, 0.1) is 0 Å². The first-order valence-corrected chi connectivity index (χ1v) is 5.51. The Morgan fingerprint density at radius 1 is 1.67 bits per heavy atom. The predicted octanol–water partition coefficient (Wildman–Crippen LogP) is 0.884. The number of ether oxygens (including phenoxy) is 1. The first kappa shape index (κ1) is 11.9. The van der Waals surface area contributed by atoms with E-state index in [0.717, 1.165) is 4.88 Å². The van der Waals surface area contributed by atoms with Crippen molar-refractivity contribution in [1.82, 2.24) is 4.98 Å². The van der Waals surface area contributed by atoms with E-state index in [4.69, 9.17) is 10.5 Å². The van der Waals surface area contributed by atoms with Crippen LogP contribution in [0.25, 0.3) is 0 Å². The van der Waals surface area contributed by atoms with Gasteiger partial charge in [0.05, 0.1) is 12.3 Å². The summed E-state index contributed by atoms with van der Waals surface area (Å²) in [6, 6.07) is 0. The van der Waals surface area contributed by atoms with Crippen molar-refractivity contribution < 1.29 is 14.6 Å². The van der Waals surface area contributed by atoms with Gasteiger partial charge in [-0.05, 0) is 13.3 Å². The van der Waals surface area contributed by atoms with Gasteiger partial charge in [0.1, 0.15) is 0 Å². The topological polar surface area (TPSA) is 85.4 Å². The molecule has 6 heteroatoms. The molecule has 0 amide bonds. The number of aromatic nitrogens is 1. The smallest absolute Gasteiger partial charge is 0.341 e. The molecule has 1 unspecified atom stereocenters. The predicted molar refractivity (Wildman–Crippen MR) is 57.5 cm³/mol. The van der Waals surface area contributed by atoms with E-state index in [9.17, 15) is 9.90 Å². The summed E-state index contributed by atoms with van der Waals surface area (Å²) in [5, 5.41) is 10.0. The Kier molecular flexibility index (Phi) is 4.05. The molecule has 5 nitrogen and oxygen atoms in total. The number of aryl methyl sites for hydroxylation is 1. The molecule has 1 rings (SSSR count). The highest BCUT2D eigenvalue weighted by Crippen LogP contribution is 2.26. The van der Waals surface area contributed by atoms with Crippen molar-refractivity contribution in [3.63, 3.8) is 0 Å². The maximum Gasteiger partial charge on any atom is 0.341 e. The van der Waals surface area contributed by atoms with E-state index in [1.165, 1.54) is 11.3 Å². The summed E-state index contributed by atoms with van der Waals surface area (Å²) < 4.78 is 4.70. The SMILES string of the molecule is CCOC(=O)C(O)c1nc(N)sc1CC. The molecule has 0 radical (unpaired) electrons. The zero-order chi connectivity index (χ0) is 11.4. The molecule has 0 saturated carbocycles. The molecular formula is C9H14N2O3S. The Balaban J connectivity index is 2.89. The van der Waals surface area contributed by atoms with Crippen LogP contribution in [-0.4, -0.2) is 22.7 Å². The van der Waals surface area contributed by atoms with E-state index in [2.05, 4.69) is 4.98 Å². The minimum Gasteiger partial charge on any atom is -0.464 e. The monoisotopic (exact) mass is 230 g/mol. The second-order valence-electron chi connectivity index (χ2n) is 2.87. The van der Waals surface area contributed by atoms with Crippen LogP contribution in [0.3, 0.4) is 0 Å². The van der Waals surface area contributed by atoms with Crippen LogP contribution in [0.4, 0.5) is 5.13 Å². The second-order valence-corrected chi connectivity index (χ2v) is 3.98. The van der Waals surface area contributed by atoms with Crippen LogP contribution >= 0.6 is 11.3 Å². The normalized spacial score (nSPS) is 12.5. The Morgan fingerprint density at radius 3 is 2.87 bits per heavy atom. The van der Waals surface area contributed by atoms with E-state index >= 15 is 0 Å². The van der Waals surface area contributed by atoms with Crippen molar-refractivity contribution in [3.8, 4) is 0 Å². The summed E-state index contributed by atoms with van der Waals surface area (Å²) in [5.74, 6) is -0.683. The number of carbonyl (C=O) groups excluding carboxylic acids is 1. The van der Waals surface area contributed by atoms with Gasteiger partial charge in [0, 0.05) is 4.88 Å². The first-order valence-electron chi connectivity index (χ1n) is 4.69. The number of thiazole rings is 1. The quantitative estimate of drug-likeness (QED) is 0.750. The molecule has 0 spiro atoms. The summed E-state index contributed by atoms with van der Waals surface area (Å²) in [7, 11) is 0. The molecule has 0 aliphatic carbocycles. The number of aliphatic hydroxyl groups is 1. The maximum absolute atomic E-state index is 11.3. The van der Waals surface area contributed by atoms with Gasteiger partial charge in [-0.3, -0.25) is 0 Å². The number of nitrogens with two attached hydrogens (primary N) is 1. The van der Waals surface area contributed by atoms with Crippen LogP contribution in [0.5, 0.6) is 0 Å². The molecule has 1 heterocycles. The number of nitrogen functional groups attached to an aromatic ring is 1. The summed E-state index contributed by atoms with van der Waals surface area (Å²) in [6.45, 7) is 3.83. The lowest BCUT2D eigenvalue weighted by molar-refractivity contribution is -0.153. The van der Waals surface area contributed by atoms with Gasteiger partial charge in [-0.2, -0.15) is 0 Å². The number of anilines is 1. The maximum atomic E-state index is 11.3. The average molecular weight is 230 g/mol. The fraction of sp³-hybridized carbons (Fsp3) is 0.556. The zero-order valence-corrected chi connectivity index (χ0v) is 9.50. The fourth-order valence-corrected chi connectivity index (χ4v) is 1.98. The molecule has 1 aromatic heterocycles. The van der Waals surface area contributed by atoms with E-state index < -0.39 is 12.1 Å². The van der Waals surface area contributed by atoms with Crippen LogP contribution in [0.15, 0.2) is 0 Å². The Morgan fingerprint density at radius 2 is 2.33 bits per heavy atom. The van der Waals surface area contributed by atoms with Crippen molar-refractivity contribution in [3.05, 3.63) is 10.6 Å². The molecule has 0 aromatic carbocycles. The number of nitrogens with zero attached hydrogens (tertiary/aromatic N) is 1. The average Bonchev–Trinajstić information content (AvgIpc) is 2.58. The Bertz CT molecular complexity index is 351. The molecule has 0 aliphatic heterocycles. The van der Waals surface area contributed by atoms with Gasteiger partial charge in [0.25, 0.3) is 0 Å². The minimum atomic E-state index is -1.33. The zero-order valence-electron chi connectivity index (χ0n) is 8.69. The highest BCUT2D eigenvalue weighted by molar-refractivity contribution is 7.15. The second kappa shape index (κ2) is 5.09. The van der Waals surface area contributed by atoms with Gasteiger partial charge < -0.3 is 15.6 Å². The van der Waals surface area contributed by atoms with Crippen molar-refractivity contribution in [2.24, 2.45) is 0 Å². The largest absolute Gasteiger partial charge is 0.464 e. The third-order valence-electron chi connectivity index (χ3n) is 1.83. The van der Waals surface area contributed by atoms with Crippen molar-refractivity contribution >= 4 is 22.4 Å². The number of esters is 1. The van der Waals surface area contributed by atoms with Gasteiger partial charge >= 0.3 is 5.97 Å². The molecule has 3 N–H and O–H groups in total. The van der Waals surface area contributed by atoms with E-state index in [1.54, 1.807) is 6.92 Å². The number of hydrogen-bond donors (Lipinski definition) is 2. The number of rotatable bonds is 4. The molecule has 0 aliphatic rings. The van der Waals surface area contributed by atoms with Gasteiger partial charge in [-0.1, -0.05) is 6.92 Å². The van der Waals surface area contributed by atoms with Crippen molar-refractivity contribution in [2.45, 2.75) is 26.4 Å². The van der Waals surface area contributed by atoms with E-state index in [-0.39, 0.29) is 6.61 Å². The molecule has 0 fully saturated rings. The standard InChI is InChI=1S/C9H14N2O3S/c1-3-5-6(11-9(10)15-5)7(12)8(13)14-4-2/h7,12H,3-4H2,1-2H3,(H2,10,11). The molecule has 84 valence electrons.